The highest BCUT2D eigenvalue weighted by Crippen LogP contribution is 2.46. The van der Waals surface area contributed by atoms with E-state index in [-0.39, 0.29) is 6.04 Å². The Morgan fingerprint density at radius 3 is 3.05 bits per heavy atom. The second-order valence-corrected chi connectivity index (χ2v) is 6.79. The Balaban J connectivity index is 1.99. The fraction of sp³-hybridized carbons (Fsp3) is 0.438. The second kappa shape index (κ2) is 6.42. The summed E-state index contributed by atoms with van der Waals surface area (Å²) in [6.45, 7) is 3.07. The van der Waals surface area contributed by atoms with E-state index in [4.69, 9.17) is 11.6 Å². The van der Waals surface area contributed by atoms with E-state index in [1.54, 1.807) is 6.20 Å². The summed E-state index contributed by atoms with van der Waals surface area (Å²) >= 11 is 8.36. The maximum absolute atomic E-state index is 6.43. The molecule has 0 saturated heterocycles. The molecule has 5 heteroatoms. The first-order chi connectivity index (χ1) is 10.3. The number of fused-ring (bicyclic) bond motifs is 1. The molecule has 1 aromatic heterocycles. The first kappa shape index (κ1) is 14.9. The number of nitrogens with one attached hydrogen (secondary N) is 1. The van der Waals surface area contributed by atoms with Crippen LogP contribution in [0.3, 0.4) is 0 Å². The molecule has 1 N–H and O–H groups in total. The lowest BCUT2D eigenvalue weighted by atomic mass is 9.91. The lowest BCUT2D eigenvalue weighted by molar-refractivity contribution is 0.455. The zero-order valence-corrected chi connectivity index (χ0v) is 13.9. The zero-order valence-electron chi connectivity index (χ0n) is 12.3. The van der Waals surface area contributed by atoms with Crippen molar-refractivity contribution in [3.63, 3.8) is 0 Å². The summed E-state index contributed by atoms with van der Waals surface area (Å²) in [6.07, 6.45) is 2.82. The van der Waals surface area contributed by atoms with Gasteiger partial charge in [0.05, 0.1) is 23.0 Å². The summed E-state index contributed by atoms with van der Waals surface area (Å²) in [5.74, 6) is 1.51. The molecule has 2 unspecified atom stereocenters. The average molecular weight is 322 g/mol. The summed E-state index contributed by atoms with van der Waals surface area (Å²) in [7, 11) is 2.01. The molecule has 0 bridgehead atoms. The second-order valence-electron chi connectivity index (χ2n) is 5.32. The van der Waals surface area contributed by atoms with E-state index in [1.807, 2.05) is 18.8 Å². The number of benzene rings is 1. The highest BCUT2D eigenvalue weighted by molar-refractivity contribution is 7.99. The number of likely N-dealkylation sites (N-methyl/N-ethyl adjacent to an activating group) is 1. The van der Waals surface area contributed by atoms with Crippen molar-refractivity contribution < 1.29 is 0 Å². The number of hydrogen-bond acceptors (Lipinski definition) is 3. The van der Waals surface area contributed by atoms with Crippen LogP contribution in [0.1, 0.15) is 36.6 Å². The number of halogens is 1. The van der Waals surface area contributed by atoms with Crippen LogP contribution < -0.4 is 5.32 Å². The first-order valence-electron chi connectivity index (χ1n) is 7.36. The molecule has 0 fully saturated rings. The Bertz CT molecular complexity index is 626. The van der Waals surface area contributed by atoms with Gasteiger partial charge in [0.2, 0.25) is 0 Å². The van der Waals surface area contributed by atoms with Crippen LogP contribution in [-0.4, -0.2) is 22.6 Å². The lowest BCUT2D eigenvalue weighted by Crippen LogP contribution is -2.27. The maximum Gasteiger partial charge on any atom is 0.0834 e. The van der Waals surface area contributed by atoms with Crippen LogP contribution in [-0.2, 0) is 6.54 Å². The number of hydrogen-bond donors (Lipinski definition) is 1. The molecule has 1 aliphatic heterocycles. The SMILES string of the molecule is CCCn1ncc(Cl)c1C(NC)C1CSc2ccccc21. The van der Waals surface area contributed by atoms with E-state index in [0.29, 0.717) is 5.92 Å². The van der Waals surface area contributed by atoms with Gasteiger partial charge in [0.25, 0.3) is 0 Å². The number of aryl methyl sites for hydroxylation is 1. The fourth-order valence-corrected chi connectivity index (χ4v) is 4.61. The third-order valence-electron chi connectivity index (χ3n) is 4.01. The summed E-state index contributed by atoms with van der Waals surface area (Å²) in [6, 6.07) is 8.87. The highest BCUT2D eigenvalue weighted by atomic mass is 35.5. The fourth-order valence-electron chi connectivity index (χ4n) is 3.06. The zero-order chi connectivity index (χ0) is 14.8. The third-order valence-corrected chi connectivity index (χ3v) is 5.51. The van der Waals surface area contributed by atoms with E-state index < -0.39 is 0 Å². The van der Waals surface area contributed by atoms with Gasteiger partial charge >= 0.3 is 0 Å². The van der Waals surface area contributed by atoms with Crippen molar-refractivity contribution in [2.45, 2.75) is 36.7 Å². The molecule has 3 nitrogen and oxygen atoms in total. The van der Waals surface area contributed by atoms with Crippen molar-refractivity contribution in [1.29, 1.82) is 0 Å². The molecule has 0 radical (unpaired) electrons. The van der Waals surface area contributed by atoms with Crippen molar-refractivity contribution in [3.05, 3.63) is 46.7 Å². The van der Waals surface area contributed by atoms with E-state index in [0.717, 1.165) is 29.4 Å². The van der Waals surface area contributed by atoms with Gasteiger partial charge < -0.3 is 5.32 Å². The summed E-state index contributed by atoms with van der Waals surface area (Å²) in [5, 5.41) is 8.67. The van der Waals surface area contributed by atoms with E-state index in [1.165, 1.54) is 10.5 Å². The molecule has 1 aromatic carbocycles. The molecule has 1 aliphatic rings. The molecule has 0 spiro atoms. The van der Waals surface area contributed by atoms with Gasteiger partial charge in [-0.1, -0.05) is 36.7 Å². The van der Waals surface area contributed by atoms with Crippen LogP contribution in [0, 0.1) is 0 Å². The molecule has 2 atom stereocenters. The molecule has 0 aliphatic carbocycles. The minimum absolute atomic E-state index is 0.197. The van der Waals surface area contributed by atoms with Gasteiger partial charge in [-0.3, -0.25) is 4.68 Å². The quantitative estimate of drug-likeness (QED) is 0.899. The van der Waals surface area contributed by atoms with Crippen molar-refractivity contribution in [1.82, 2.24) is 15.1 Å². The smallest absolute Gasteiger partial charge is 0.0834 e. The van der Waals surface area contributed by atoms with Gasteiger partial charge in [-0.05, 0) is 25.1 Å². The maximum atomic E-state index is 6.43. The number of nitrogens with zero attached hydrogens (tertiary/aromatic N) is 2. The Morgan fingerprint density at radius 2 is 2.29 bits per heavy atom. The third kappa shape index (κ3) is 2.72. The molecule has 0 saturated carbocycles. The largest absolute Gasteiger partial charge is 0.311 e. The van der Waals surface area contributed by atoms with Crippen molar-refractivity contribution in [2.75, 3.05) is 12.8 Å². The Kier molecular flexibility index (Phi) is 4.57. The van der Waals surface area contributed by atoms with Crippen molar-refractivity contribution in [3.8, 4) is 0 Å². The first-order valence-corrected chi connectivity index (χ1v) is 8.72. The molecule has 21 heavy (non-hydrogen) atoms. The summed E-state index contributed by atoms with van der Waals surface area (Å²) < 4.78 is 2.05. The number of aromatic nitrogens is 2. The molecule has 2 aromatic rings. The van der Waals surface area contributed by atoms with E-state index >= 15 is 0 Å². The number of rotatable bonds is 5. The minimum atomic E-state index is 0.197. The number of thioether (sulfide) groups is 1. The van der Waals surface area contributed by atoms with Crippen LogP contribution in [0.2, 0.25) is 5.02 Å². The van der Waals surface area contributed by atoms with Crippen LogP contribution in [0.15, 0.2) is 35.4 Å². The Hall–Kier alpha value is -0.970. The van der Waals surface area contributed by atoms with Crippen LogP contribution in [0.4, 0.5) is 0 Å². The molecule has 3 rings (SSSR count). The minimum Gasteiger partial charge on any atom is -0.311 e. The predicted molar refractivity (Wildman–Crippen MR) is 89.2 cm³/mol. The van der Waals surface area contributed by atoms with Crippen LogP contribution >= 0.6 is 23.4 Å². The van der Waals surface area contributed by atoms with E-state index in [2.05, 4.69) is 46.3 Å². The van der Waals surface area contributed by atoms with Gasteiger partial charge in [-0.25, -0.2) is 0 Å². The van der Waals surface area contributed by atoms with Gasteiger partial charge in [-0.15, -0.1) is 11.8 Å². The Morgan fingerprint density at radius 1 is 1.48 bits per heavy atom. The average Bonchev–Trinajstić information content (AvgIpc) is 3.07. The standard InChI is InChI=1S/C16H20ClN3S/c1-3-8-20-16(13(17)9-19-20)15(18-2)12-10-21-14-7-5-4-6-11(12)14/h4-7,9,12,15,18H,3,8,10H2,1-2H3. The molecule has 2 heterocycles. The predicted octanol–water partition coefficient (Wildman–Crippen LogP) is 4.10. The van der Waals surface area contributed by atoms with Gasteiger partial charge in [-0.2, -0.15) is 5.10 Å². The lowest BCUT2D eigenvalue weighted by Gasteiger charge is -2.25. The monoisotopic (exact) mass is 321 g/mol. The normalized spacial score (nSPS) is 18.7. The molecular formula is C16H20ClN3S. The van der Waals surface area contributed by atoms with Crippen molar-refractivity contribution in [2.24, 2.45) is 0 Å². The van der Waals surface area contributed by atoms with Gasteiger partial charge in [0, 0.05) is 23.1 Å². The van der Waals surface area contributed by atoms with Crippen molar-refractivity contribution >= 4 is 23.4 Å². The topological polar surface area (TPSA) is 29.9 Å². The van der Waals surface area contributed by atoms with Gasteiger partial charge in [0.15, 0.2) is 0 Å². The molecular weight excluding hydrogens is 302 g/mol. The summed E-state index contributed by atoms with van der Waals surface area (Å²) in [5.41, 5.74) is 2.53. The van der Waals surface area contributed by atoms with Gasteiger partial charge in [0.1, 0.15) is 0 Å². The summed E-state index contributed by atoms with van der Waals surface area (Å²) in [4.78, 5) is 1.39. The molecule has 112 valence electrons. The Labute approximate surface area is 135 Å². The highest BCUT2D eigenvalue weighted by Gasteiger charge is 2.33. The van der Waals surface area contributed by atoms with E-state index in [9.17, 15) is 0 Å². The molecule has 0 amide bonds. The van der Waals surface area contributed by atoms with Crippen LogP contribution in [0.5, 0.6) is 0 Å². The van der Waals surface area contributed by atoms with Crippen LogP contribution in [0.25, 0.3) is 0 Å².